The van der Waals surface area contributed by atoms with Gasteiger partial charge in [-0.2, -0.15) is 0 Å². The molecule has 1 N–H and O–H groups in total. The predicted molar refractivity (Wildman–Crippen MR) is 129 cm³/mol. The molecule has 9 nitrogen and oxygen atoms in total. The molecule has 1 fully saturated rings. The van der Waals surface area contributed by atoms with Crippen molar-refractivity contribution in [1.29, 1.82) is 0 Å². The van der Waals surface area contributed by atoms with E-state index in [-0.39, 0.29) is 24.5 Å². The monoisotopic (exact) mass is 493 g/mol. The van der Waals surface area contributed by atoms with Crippen molar-refractivity contribution >= 4 is 18.0 Å². The number of amides is 1. The normalized spacial score (nSPS) is 19.9. The summed E-state index contributed by atoms with van der Waals surface area (Å²) in [4.78, 5) is 37.3. The number of carbonyl (C=O) groups excluding carboxylic acids is 3. The van der Waals surface area contributed by atoms with Crippen molar-refractivity contribution in [3.05, 3.63) is 30.3 Å². The Hall–Kier alpha value is -2.81. The lowest BCUT2D eigenvalue weighted by Gasteiger charge is -2.29. The number of ether oxygens (including phenoxy) is 5. The zero-order valence-electron chi connectivity index (χ0n) is 21.6. The Morgan fingerprint density at radius 1 is 1.09 bits per heavy atom. The quantitative estimate of drug-likeness (QED) is 0.383. The summed E-state index contributed by atoms with van der Waals surface area (Å²) in [6.07, 6.45) is -0.916. The van der Waals surface area contributed by atoms with Crippen molar-refractivity contribution in [1.82, 2.24) is 5.32 Å². The Morgan fingerprint density at radius 3 is 2.40 bits per heavy atom. The first-order valence-corrected chi connectivity index (χ1v) is 12.1. The Balaban J connectivity index is 1.80. The lowest BCUT2D eigenvalue weighted by molar-refractivity contribution is -0.193. The van der Waals surface area contributed by atoms with Crippen LogP contribution in [0.3, 0.4) is 0 Å². The van der Waals surface area contributed by atoms with Gasteiger partial charge in [-0.15, -0.1) is 0 Å². The minimum Gasteiger partial charge on any atom is -0.491 e. The molecule has 0 spiro atoms. The second-order valence-electron chi connectivity index (χ2n) is 10.0. The topological polar surface area (TPSA) is 109 Å². The highest BCUT2D eigenvalue weighted by atomic mass is 16.7. The number of rotatable bonds is 10. The van der Waals surface area contributed by atoms with Crippen molar-refractivity contribution in [2.45, 2.75) is 72.4 Å². The molecule has 1 saturated heterocycles. The molecule has 1 aromatic rings. The first-order valence-electron chi connectivity index (χ1n) is 12.1. The third kappa shape index (κ3) is 10.5. The van der Waals surface area contributed by atoms with E-state index in [1.807, 2.05) is 44.2 Å². The van der Waals surface area contributed by atoms with Crippen LogP contribution in [0.4, 0.5) is 4.79 Å². The average Bonchev–Trinajstić information content (AvgIpc) is 2.77. The van der Waals surface area contributed by atoms with Gasteiger partial charge in [0.2, 0.25) is 6.29 Å². The highest BCUT2D eigenvalue weighted by molar-refractivity contribution is 5.75. The number of nitrogens with one attached hydrogen (secondary N) is 1. The van der Waals surface area contributed by atoms with Crippen LogP contribution in [0.1, 0.15) is 54.4 Å². The van der Waals surface area contributed by atoms with Gasteiger partial charge in [0.05, 0.1) is 17.9 Å². The number of benzene rings is 1. The van der Waals surface area contributed by atoms with Crippen LogP contribution in [0.2, 0.25) is 0 Å². The summed E-state index contributed by atoms with van der Waals surface area (Å²) in [5.41, 5.74) is -0.641. The van der Waals surface area contributed by atoms with E-state index in [0.717, 1.165) is 5.75 Å². The molecule has 4 atom stereocenters. The van der Waals surface area contributed by atoms with Crippen LogP contribution in [-0.4, -0.2) is 55.8 Å². The van der Waals surface area contributed by atoms with Crippen LogP contribution in [0, 0.1) is 17.8 Å². The summed E-state index contributed by atoms with van der Waals surface area (Å²) in [6.45, 7) is 11.3. The molecule has 2 rings (SSSR count). The van der Waals surface area contributed by atoms with E-state index in [1.165, 1.54) is 6.92 Å². The maximum atomic E-state index is 12.7. The molecule has 0 saturated carbocycles. The smallest absolute Gasteiger partial charge is 0.407 e. The molecule has 1 aliphatic heterocycles. The van der Waals surface area contributed by atoms with Crippen LogP contribution < -0.4 is 10.1 Å². The Kier molecular flexibility index (Phi) is 10.8. The van der Waals surface area contributed by atoms with E-state index in [9.17, 15) is 14.4 Å². The van der Waals surface area contributed by atoms with E-state index in [0.29, 0.717) is 26.1 Å². The summed E-state index contributed by atoms with van der Waals surface area (Å²) in [7, 11) is 0. The number of alkyl carbamates (subject to hydrolysis) is 1. The summed E-state index contributed by atoms with van der Waals surface area (Å²) >= 11 is 0. The fourth-order valence-electron chi connectivity index (χ4n) is 3.55. The minimum atomic E-state index is -1.06. The van der Waals surface area contributed by atoms with Crippen LogP contribution >= 0.6 is 0 Å². The summed E-state index contributed by atoms with van der Waals surface area (Å²) < 4.78 is 27.4. The van der Waals surface area contributed by atoms with E-state index >= 15 is 0 Å². The second-order valence-corrected chi connectivity index (χ2v) is 10.0. The molecule has 1 aromatic carbocycles. The van der Waals surface area contributed by atoms with E-state index < -0.39 is 35.8 Å². The highest BCUT2D eigenvalue weighted by Gasteiger charge is 2.32. The van der Waals surface area contributed by atoms with Gasteiger partial charge in [0.1, 0.15) is 18.0 Å². The molecule has 0 radical (unpaired) electrons. The molecule has 3 unspecified atom stereocenters. The van der Waals surface area contributed by atoms with Gasteiger partial charge in [-0.1, -0.05) is 32.0 Å². The van der Waals surface area contributed by atoms with Gasteiger partial charge in [0.25, 0.3) is 0 Å². The lowest BCUT2D eigenvalue weighted by atomic mass is 9.96. The molecule has 0 aromatic heterocycles. The largest absolute Gasteiger partial charge is 0.491 e. The van der Waals surface area contributed by atoms with Gasteiger partial charge in [0.15, 0.2) is 0 Å². The van der Waals surface area contributed by atoms with Gasteiger partial charge in [-0.3, -0.25) is 9.59 Å². The number of hydrogen-bond acceptors (Lipinski definition) is 8. The van der Waals surface area contributed by atoms with Crippen LogP contribution in [-0.2, 0) is 28.5 Å². The second kappa shape index (κ2) is 13.3. The zero-order valence-corrected chi connectivity index (χ0v) is 21.6. The number of para-hydroxylation sites is 1. The predicted octanol–water partition coefficient (Wildman–Crippen LogP) is 4.09. The summed E-state index contributed by atoms with van der Waals surface area (Å²) in [6, 6.07) is 9.40. The van der Waals surface area contributed by atoms with Crippen molar-refractivity contribution in [3.8, 4) is 5.75 Å². The van der Waals surface area contributed by atoms with Crippen molar-refractivity contribution in [2.24, 2.45) is 17.8 Å². The summed E-state index contributed by atoms with van der Waals surface area (Å²) in [5.74, 6) is -1.36. The fourth-order valence-corrected chi connectivity index (χ4v) is 3.55. The molecule has 0 bridgehead atoms. The van der Waals surface area contributed by atoms with Crippen LogP contribution in [0.5, 0.6) is 5.75 Å². The molecule has 35 heavy (non-hydrogen) atoms. The maximum absolute atomic E-state index is 12.7. The molecule has 0 aliphatic carbocycles. The van der Waals surface area contributed by atoms with E-state index in [2.05, 4.69) is 5.32 Å². The van der Waals surface area contributed by atoms with Crippen LogP contribution in [0.25, 0.3) is 0 Å². The van der Waals surface area contributed by atoms with Gasteiger partial charge in [-0.25, -0.2) is 4.79 Å². The number of hydrogen-bond donors (Lipinski definition) is 1. The van der Waals surface area contributed by atoms with Gasteiger partial charge < -0.3 is 29.0 Å². The van der Waals surface area contributed by atoms with Crippen molar-refractivity contribution < 1.29 is 38.1 Å². The zero-order chi connectivity index (χ0) is 26.0. The van der Waals surface area contributed by atoms with E-state index in [4.69, 9.17) is 23.7 Å². The SMILES string of the molecule is CC(OC(=O)C1CCOC(COc2ccccc2)C1)OC(=O)[C@@H](CNC(=O)OC(C)(C)C)C(C)C. The molecule has 1 heterocycles. The highest BCUT2D eigenvalue weighted by Crippen LogP contribution is 2.24. The molecule has 196 valence electrons. The third-order valence-corrected chi connectivity index (χ3v) is 5.42. The maximum Gasteiger partial charge on any atom is 0.407 e. The van der Waals surface area contributed by atoms with Gasteiger partial charge in [0, 0.05) is 20.1 Å². The van der Waals surface area contributed by atoms with Crippen molar-refractivity contribution in [3.63, 3.8) is 0 Å². The standard InChI is InChI=1S/C26H39NO8/c1-17(2)22(15-27-25(30)35-26(4,5)6)24(29)34-18(3)33-23(28)19-12-13-31-21(14-19)16-32-20-10-8-7-9-11-20/h7-11,17-19,21-22H,12-16H2,1-6H3,(H,27,30)/t18?,19?,21?,22-/m0/s1. The lowest BCUT2D eigenvalue weighted by Crippen LogP contribution is -2.40. The fraction of sp³-hybridized carbons (Fsp3) is 0.654. The molecule has 1 aliphatic rings. The summed E-state index contributed by atoms with van der Waals surface area (Å²) in [5, 5.41) is 2.60. The average molecular weight is 494 g/mol. The Labute approximate surface area is 207 Å². The Bertz CT molecular complexity index is 820. The van der Waals surface area contributed by atoms with E-state index in [1.54, 1.807) is 20.8 Å². The number of carbonyl (C=O) groups is 3. The van der Waals surface area contributed by atoms with Gasteiger partial charge >= 0.3 is 18.0 Å². The first-order chi connectivity index (χ1) is 16.4. The van der Waals surface area contributed by atoms with Gasteiger partial charge in [-0.05, 0) is 51.7 Å². The van der Waals surface area contributed by atoms with Crippen LogP contribution in [0.15, 0.2) is 30.3 Å². The third-order valence-electron chi connectivity index (χ3n) is 5.42. The molecular weight excluding hydrogens is 454 g/mol. The van der Waals surface area contributed by atoms with Crippen molar-refractivity contribution in [2.75, 3.05) is 19.8 Å². The Morgan fingerprint density at radius 2 is 1.77 bits per heavy atom. The minimum absolute atomic E-state index is 0.0507. The molecule has 1 amide bonds. The molecule has 9 heteroatoms. The first kappa shape index (κ1) is 28.4. The molecular formula is C26H39NO8. The number of esters is 2.